The van der Waals surface area contributed by atoms with Gasteiger partial charge in [-0.2, -0.15) is 0 Å². The van der Waals surface area contributed by atoms with Gasteiger partial charge in [0.05, 0.1) is 5.25 Å². The molecule has 0 aromatic rings. The third-order valence-corrected chi connectivity index (χ3v) is 3.60. The molecule has 0 aromatic carbocycles. The van der Waals surface area contributed by atoms with E-state index < -0.39 is 15.3 Å². The lowest BCUT2D eigenvalue weighted by molar-refractivity contribution is 0.316. The van der Waals surface area contributed by atoms with E-state index in [9.17, 15) is 8.42 Å². The molecule has 0 saturated carbocycles. The Labute approximate surface area is 84.2 Å². The van der Waals surface area contributed by atoms with Crippen LogP contribution in [0.5, 0.6) is 0 Å². The minimum Gasteiger partial charge on any atom is -0.409 e. The van der Waals surface area contributed by atoms with Crippen LogP contribution in [0, 0.1) is 0 Å². The van der Waals surface area contributed by atoms with Gasteiger partial charge in [0, 0.05) is 12.5 Å². The van der Waals surface area contributed by atoms with Gasteiger partial charge in [-0.3, -0.25) is 0 Å². The van der Waals surface area contributed by atoms with E-state index in [1.54, 1.807) is 20.8 Å². The van der Waals surface area contributed by atoms with Crippen molar-refractivity contribution in [1.29, 1.82) is 0 Å². The molecule has 0 aliphatic heterocycles. The Bertz CT molecular complexity index is 297. The average molecular weight is 223 g/mol. The summed E-state index contributed by atoms with van der Waals surface area (Å²) in [5.41, 5.74) is 5.23. The molecule has 0 bridgehead atoms. The molecule has 0 heterocycles. The summed E-state index contributed by atoms with van der Waals surface area (Å²) in [4.78, 5) is 0. The van der Waals surface area contributed by atoms with Crippen LogP contribution in [0.1, 0.15) is 27.2 Å². The average Bonchev–Trinajstić information content (AvgIpc) is 2.02. The monoisotopic (exact) mass is 223 g/mol. The number of rotatable bonds is 5. The van der Waals surface area contributed by atoms with Crippen LogP contribution in [0.2, 0.25) is 0 Å². The van der Waals surface area contributed by atoms with E-state index in [4.69, 9.17) is 10.9 Å². The van der Waals surface area contributed by atoms with Crippen LogP contribution >= 0.6 is 0 Å². The zero-order valence-electron chi connectivity index (χ0n) is 8.56. The highest BCUT2D eigenvalue weighted by Gasteiger charge is 2.18. The Morgan fingerprint density at radius 2 is 2.00 bits per heavy atom. The molecule has 0 radical (unpaired) electrons. The number of hydrogen-bond acceptors (Lipinski definition) is 4. The second-order valence-corrected chi connectivity index (χ2v) is 5.68. The minimum atomic E-state index is -3.29. The van der Waals surface area contributed by atoms with E-state index in [-0.39, 0.29) is 18.3 Å². The number of nitrogens with one attached hydrogen (secondary N) is 1. The molecule has 7 heteroatoms. The van der Waals surface area contributed by atoms with Crippen molar-refractivity contribution in [3.05, 3.63) is 0 Å². The highest BCUT2D eigenvalue weighted by atomic mass is 32.2. The Hall–Kier alpha value is -0.820. The minimum absolute atomic E-state index is 0.00366. The molecular weight excluding hydrogens is 206 g/mol. The van der Waals surface area contributed by atoms with E-state index >= 15 is 0 Å². The molecule has 1 unspecified atom stereocenters. The number of nitrogens with two attached hydrogens (primary N) is 1. The summed E-state index contributed by atoms with van der Waals surface area (Å²) >= 11 is 0. The van der Waals surface area contributed by atoms with Gasteiger partial charge in [0.2, 0.25) is 10.0 Å². The molecule has 0 spiro atoms. The zero-order valence-corrected chi connectivity index (χ0v) is 9.37. The maximum Gasteiger partial charge on any atom is 0.214 e. The SMILES string of the molecule is CC(CC(N)=NO)NS(=O)(=O)C(C)C. The molecule has 0 rings (SSSR count). The number of sulfonamides is 1. The predicted octanol–water partition coefficient (Wildman–Crippen LogP) is -0.161. The summed E-state index contributed by atoms with van der Waals surface area (Å²) in [6.45, 7) is 4.81. The van der Waals surface area contributed by atoms with Crippen molar-refractivity contribution in [3.8, 4) is 0 Å². The standard InChI is InChI=1S/C7H17N3O3S/c1-5(2)14(12,13)10-6(3)4-7(8)9-11/h5-6,10-11H,4H2,1-3H3,(H2,8,9). The van der Waals surface area contributed by atoms with Crippen LogP contribution < -0.4 is 10.5 Å². The molecule has 0 amide bonds. The summed E-state index contributed by atoms with van der Waals surface area (Å²) < 4.78 is 25.1. The predicted molar refractivity (Wildman–Crippen MR) is 54.7 cm³/mol. The van der Waals surface area contributed by atoms with Gasteiger partial charge in [-0.05, 0) is 20.8 Å². The van der Waals surface area contributed by atoms with Gasteiger partial charge in [0.1, 0.15) is 5.84 Å². The fourth-order valence-electron chi connectivity index (χ4n) is 0.813. The van der Waals surface area contributed by atoms with Crippen LogP contribution in [0.3, 0.4) is 0 Å². The topological polar surface area (TPSA) is 105 Å². The van der Waals surface area contributed by atoms with Crippen molar-refractivity contribution in [2.24, 2.45) is 10.9 Å². The fourth-order valence-corrected chi connectivity index (χ4v) is 1.73. The molecule has 6 nitrogen and oxygen atoms in total. The molecule has 0 aliphatic rings. The molecule has 1 atom stereocenters. The molecule has 0 fully saturated rings. The van der Waals surface area contributed by atoms with Gasteiger partial charge in [-0.1, -0.05) is 5.16 Å². The third kappa shape index (κ3) is 4.43. The first-order valence-corrected chi connectivity index (χ1v) is 5.81. The number of hydrogen-bond donors (Lipinski definition) is 3. The number of oxime groups is 1. The van der Waals surface area contributed by atoms with Crippen molar-refractivity contribution in [3.63, 3.8) is 0 Å². The Morgan fingerprint density at radius 3 is 2.36 bits per heavy atom. The molecule has 0 saturated heterocycles. The summed E-state index contributed by atoms with van der Waals surface area (Å²) in [5, 5.41) is 10.6. The quantitative estimate of drug-likeness (QED) is 0.260. The molecule has 0 aliphatic carbocycles. The lowest BCUT2D eigenvalue weighted by Gasteiger charge is -2.15. The molecular formula is C7H17N3O3S. The first kappa shape index (κ1) is 13.2. The van der Waals surface area contributed by atoms with Crippen LogP contribution in [0.15, 0.2) is 5.16 Å². The fraction of sp³-hybridized carbons (Fsp3) is 0.857. The second kappa shape index (κ2) is 5.16. The lowest BCUT2D eigenvalue weighted by Crippen LogP contribution is -2.39. The Balaban J connectivity index is 4.27. The molecule has 84 valence electrons. The maximum atomic E-state index is 11.4. The van der Waals surface area contributed by atoms with E-state index in [2.05, 4.69) is 9.88 Å². The van der Waals surface area contributed by atoms with Gasteiger partial charge in [-0.15, -0.1) is 0 Å². The van der Waals surface area contributed by atoms with Gasteiger partial charge in [-0.25, -0.2) is 13.1 Å². The third-order valence-electron chi connectivity index (χ3n) is 1.63. The molecule has 4 N–H and O–H groups in total. The normalized spacial score (nSPS) is 15.9. The van der Waals surface area contributed by atoms with Crippen molar-refractivity contribution in [2.45, 2.75) is 38.5 Å². The van der Waals surface area contributed by atoms with Crippen molar-refractivity contribution in [2.75, 3.05) is 0 Å². The first-order valence-electron chi connectivity index (χ1n) is 4.27. The Kier molecular flexibility index (Phi) is 4.86. The van der Waals surface area contributed by atoms with Crippen molar-refractivity contribution < 1.29 is 13.6 Å². The van der Waals surface area contributed by atoms with Gasteiger partial charge in [0.25, 0.3) is 0 Å². The largest absolute Gasteiger partial charge is 0.409 e. The highest BCUT2D eigenvalue weighted by molar-refractivity contribution is 7.90. The van der Waals surface area contributed by atoms with E-state index in [0.717, 1.165) is 0 Å². The van der Waals surface area contributed by atoms with Gasteiger partial charge < -0.3 is 10.9 Å². The maximum absolute atomic E-state index is 11.4. The summed E-state index contributed by atoms with van der Waals surface area (Å²) in [6, 6.07) is -0.377. The number of nitrogens with zero attached hydrogens (tertiary/aromatic N) is 1. The van der Waals surface area contributed by atoms with E-state index in [1.165, 1.54) is 0 Å². The molecule has 14 heavy (non-hydrogen) atoms. The number of amidine groups is 1. The van der Waals surface area contributed by atoms with Crippen LogP contribution in [0.4, 0.5) is 0 Å². The second-order valence-electron chi connectivity index (χ2n) is 3.41. The van der Waals surface area contributed by atoms with E-state index in [1.807, 2.05) is 0 Å². The van der Waals surface area contributed by atoms with Crippen LogP contribution in [-0.4, -0.2) is 30.8 Å². The first-order chi connectivity index (χ1) is 6.29. The van der Waals surface area contributed by atoms with Crippen LogP contribution in [0.25, 0.3) is 0 Å². The summed E-state index contributed by atoms with van der Waals surface area (Å²) in [5.74, 6) is 0.00366. The zero-order chi connectivity index (χ0) is 11.4. The van der Waals surface area contributed by atoms with Crippen LogP contribution in [-0.2, 0) is 10.0 Å². The molecule has 0 aromatic heterocycles. The Morgan fingerprint density at radius 1 is 1.50 bits per heavy atom. The van der Waals surface area contributed by atoms with Crippen molar-refractivity contribution in [1.82, 2.24) is 4.72 Å². The van der Waals surface area contributed by atoms with E-state index in [0.29, 0.717) is 0 Å². The summed E-state index contributed by atoms with van der Waals surface area (Å²) in [7, 11) is -3.29. The summed E-state index contributed by atoms with van der Waals surface area (Å²) in [6.07, 6.45) is 0.183. The van der Waals surface area contributed by atoms with Gasteiger partial charge in [0.15, 0.2) is 0 Å². The smallest absolute Gasteiger partial charge is 0.214 e. The van der Waals surface area contributed by atoms with Crippen molar-refractivity contribution >= 4 is 15.9 Å². The highest BCUT2D eigenvalue weighted by Crippen LogP contribution is 2.00. The van der Waals surface area contributed by atoms with Gasteiger partial charge >= 0.3 is 0 Å². The lowest BCUT2D eigenvalue weighted by atomic mass is 10.2.